The number of fused-ring (bicyclic) bond motifs is 1. The highest BCUT2D eigenvalue weighted by molar-refractivity contribution is 5.75. The molecule has 1 aliphatic heterocycles. The van der Waals surface area contributed by atoms with E-state index >= 15 is 0 Å². The number of hydrogen-bond acceptors (Lipinski definition) is 7. The van der Waals surface area contributed by atoms with Gasteiger partial charge in [-0.2, -0.15) is 0 Å². The van der Waals surface area contributed by atoms with Gasteiger partial charge in [0.05, 0.1) is 19.2 Å². The van der Waals surface area contributed by atoms with Crippen molar-refractivity contribution in [3.05, 3.63) is 28.5 Å². The Morgan fingerprint density at radius 1 is 1.37 bits per heavy atom. The number of aliphatic hydroxyl groups excluding tert-OH is 3. The molecule has 0 aromatic carbocycles. The molecule has 0 saturated carbocycles. The lowest BCUT2D eigenvalue weighted by Gasteiger charge is -2.12. The SMILES string of the molecule is O=c1[nH]cnc2c(C3O[C@H](CO)[C@@H](O)[C@H]3O)coc12. The predicted octanol–water partition coefficient (Wildman–Crippen LogP) is -1.33. The van der Waals surface area contributed by atoms with E-state index in [-0.39, 0.29) is 11.1 Å². The van der Waals surface area contributed by atoms with E-state index in [9.17, 15) is 15.0 Å². The van der Waals surface area contributed by atoms with Crippen LogP contribution in [0.15, 0.2) is 21.8 Å². The van der Waals surface area contributed by atoms with Gasteiger partial charge in [-0.25, -0.2) is 4.98 Å². The Morgan fingerprint density at radius 3 is 2.84 bits per heavy atom. The van der Waals surface area contributed by atoms with Crippen LogP contribution in [0.3, 0.4) is 0 Å². The molecule has 8 nitrogen and oxygen atoms in total. The van der Waals surface area contributed by atoms with Gasteiger partial charge in [0.2, 0.25) is 5.58 Å². The molecule has 0 amide bonds. The van der Waals surface area contributed by atoms with Crippen molar-refractivity contribution in [2.45, 2.75) is 24.4 Å². The van der Waals surface area contributed by atoms with Crippen LogP contribution in [0.4, 0.5) is 0 Å². The molecule has 1 unspecified atom stereocenters. The zero-order valence-corrected chi connectivity index (χ0v) is 9.68. The summed E-state index contributed by atoms with van der Waals surface area (Å²) < 4.78 is 10.5. The van der Waals surface area contributed by atoms with Crippen molar-refractivity contribution < 1.29 is 24.5 Å². The van der Waals surface area contributed by atoms with Crippen molar-refractivity contribution in [2.75, 3.05) is 6.61 Å². The Balaban J connectivity index is 2.06. The van der Waals surface area contributed by atoms with E-state index in [1.165, 1.54) is 12.6 Å². The van der Waals surface area contributed by atoms with E-state index in [4.69, 9.17) is 14.3 Å². The zero-order chi connectivity index (χ0) is 13.6. The van der Waals surface area contributed by atoms with Gasteiger partial charge in [-0.3, -0.25) is 4.79 Å². The van der Waals surface area contributed by atoms with Crippen molar-refractivity contribution in [2.24, 2.45) is 0 Å². The van der Waals surface area contributed by atoms with Gasteiger partial charge < -0.3 is 29.5 Å². The first-order valence-electron chi connectivity index (χ1n) is 5.70. The second kappa shape index (κ2) is 4.42. The molecular formula is C11H12N2O6. The molecule has 0 spiro atoms. The second-order valence-corrected chi connectivity index (χ2v) is 4.36. The molecule has 4 N–H and O–H groups in total. The lowest BCUT2D eigenvalue weighted by Crippen LogP contribution is -2.32. The van der Waals surface area contributed by atoms with Crippen LogP contribution in [0.5, 0.6) is 0 Å². The molecule has 2 aromatic rings. The Labute approximate surface area is 106 Å². The minimum atomic E-state index is -1.22. The molecule has 2 aromatic heterocycles. The van der Waals surface area contributed by atoms with Gasteiger partial charge in [0, 0.05) is 5.56 Å². The van der Waals surface area contributed by atoms with Gasteiger partial charge in [0.25, 0.3) is 5.56 Å². The molecule has 3 rings (SSSR count). The molecule has 1 saturated heterocycles. The summed E-state index contributed by atoms with van der Waals surface area (Å²) in [5.41, 5.74) is 0.209. The number of ether oxygens (including phenoxy) is 1. The third-order valence-electron chi connectivity index (χ3n) is 3.24. The monoisotopic (exact) mass is 268 g/mol. The number of aliphatic hydroxyl groups is 3. The lowest BCUT2D eigenvalue weighted by molar-refractivity contribution is -0.0226. The van der Waals surface area contributed by atoms with E-state index in [0.29, 0.717) is 5.56 Å². The summed E-state index contributed by atoms with van der Waals surface area (Å²) in [7, 11) is 0. The molecule has 0 bridgehead atoms. The first kappa shape index (κ1) is 12.3. The molecule has 8 heteroatoms. The van der Waals surface area contributed by atoms with E-state index in [1.807, 2.05) is 0 Å². The van der Waals surface area contributed by atoms with Gasteiger partial charge in [0.15, 0.2) is 0 Å². The van der Waals surface area contributed by atoms with Crippen LogP contribution in [0, 0.1) is 0 Å². The maximum absolute atomic E-state index is 11.5. The van der Waals surface area contributed by atoms with Crippen molar-refractivity contribution in [1.82, 2.24) is 9.97 Å². The summed E-state index contributed by atoms with van der Waals surface area (Å²) in [6.07, 6.45) is -1.74. The molecule has 1 fully saturated rings. The van der Waals surface area contributed by atoms with Crippen LogP contribution >= 0.6 is 0 Å². The highest BCUT2D eigenvalue weighted by atomic mass is 16.6. The number of rotatable bonds is 2. The Bertz CT molecular complexity index is 650. The van der Waals surface area contributed by atoms with E-state index in [1.54, 1.807) is 0 Å². The van der Waals surface area contributed by atoms with Crippen LogP contribution in [-0.2, 0) is 4.74 Å². The summed E-state index contributed by atoms with van der Waals surface area (Å²) in [6.45, 7) is -0.418. The van der Waals surface area contributed by atoms with Gasteiger partial charge in [-0.05, 0) is 0 Å². The first-order valence-corrected chi connectivity index (χ1v) is 5.70. The largest absolute Gasteiger partial charge is 0.456 e. The molecular weight excluding hydrogens is 256 g/mol. The number of aromatic nitrogens is 2. The van der Waals surface area contributed by atoms with Gasteiger partial charge >= 0.3 is 0 Å². The van der Waals surface area contributed by atoms with Crippen LogP contribution in [0.2, 0.25) is 0 Å². The molecule has 3 heterocycles. The van der Waals surface area contributed by atoms with Crippen molar-refractivity contribution in [3.63, 3.8) is 0 Å². The summed E-state index contributed by atoms with van der Waals surface area (Å²) in [5.74, 6) is 0. The van der Waals surface area contributed by atoms with Crippen LogP contribution < -0.4 is 5.56 Å². The molecule has 19 heavy (non-hydrogen) atoms. The third kappa shape index (κ3) is 1.77. The Kier molecular flexibility index (Phi) is 2.86. The fourth-order valence-corrected chi connectivity index (χ4v) is 2.24. The topological polar surface area (TPSA) is 129 Å². The lowest BCUT2D eigenvalue weighted by atomic mass is 10.0. The van der Waals surface area contributed by atoms with E-state index < -0.39 is 36.6 Å². The van der Waals surface area contributed by atoms with Gasteiger partial charge in [-0.15, -0.1) is 0 Å². The third-order valence-corrected chi connectivity index (χ3v) is 3.24. The van der Waals surface area contributed by atoms with Crippen molar-refractivity contribution in [1.29, 1.82) is 0 Å². The fraction of sp³-hybridized carbons (Fsp3) is 0.455. The predicted molar refractivity (Wildman–Crippen MR) is 61.3 cm³/mol. The maximum atomic E-state index is 11.5. The van der Waals surface area contributed by atoms with Crippen LogP contribution in [0.1, 0.15) is 11.7 Å². The second-order valence-electron chi connectivity index (χ2n) is 4.36. The zero-order valence-electron chi connectivity index (χ0n) is 9.68. The number of nitrogens with one attached hydrogen (secondary N) is 1. The minimum Gasteiger partial charge on any atom is -0.456 e. The summed E-state index contributed by atoms with van der Waals surface area (Å²) in [6, 6.07) is 0. The summed E-state index contributed by atoms with van der Waals surface area (Å²) >= 11 is 0. The van der Waals surface area contributed by atoms with E-state index in [0.717, 1.165) is 0 Å². The number of hydrogen-bond donors (Lipinski definition) is 4. The maximum Gasteiger partial charge on any atom is 0.294 e. The molecule has 1 aliphatic rings. The fourth-order valence-electron chi connectivity index (χ4n) is 2.24. The Morgan fingerprint density at radius 2 is 2.16 bits per heavy atom. The molecule has 102 valence electrons. The normalized spacial score (nSPS) is 31.1. The smallest absolute Gasteiger partial charge is 0.294 e. The molecule has 4 atom stereocenters. The van der Waals surface area contributed by atoms with Crippen LogP contribution in [-0.4, -0.2) is 50.2 Å². The number of furan rings is 1. The first-order chi connectivity index (χ1) is 9.13. The van der Waals surface area contributed by atoms with Crippen LogP contribution in [0.25, 0.3) is 11.1 Å². The van der Waals surface area contributed by atoms with Crippen molar-refractivity contribution in [3.8, 4) is 0 Å². The van der Waals surface area contributed by atoms with Crippen molar-refractivity contribution >= 4 is 11.1 Å². The minimum absolute atomic E-state index is 0.0234. The molecule has 0 radical (unpaired) electrons. The van der Waals surface area contributed by atoms with Gasteiger partial charge in [-0.1, -0.05) is 0 Å². The number of H-pyrrole nitrogens is 1. The Hall–Kier alpha value is -1.74. The van der Waals surface area contributed by atoms with E-state index in [2.05, 4.69) is 9.97 Å². The highest BCUT2D eigenvalue weighted by Gasteiger charge is 2.44. The average Bonchev–Trinajstić information content (AvgIpc) is 2.94. The van der Waals surface area contributed by atoms with Gasteiger partial charge in [0.1, 0.15) is 29.9 Å². The average molecular weight is 268 g/mol. The quantitative estimate of drug-likeness (QED) is 0.531. The standard InChI is InChI=1S/C11H12N2O6/c14-1-5-7(15)8(16)9(19-5)4-2-18-10-6(4)12-3-13-11(10)17/h2-3,5,7-9,14-16H,1H2,(H,12,13,17)/t5-,7-,8-,9?/m1/s1. The summed E-state index contributed by atoms with van der Waals surface area (Å²) in [4.78, 5) is 17.8. The number of nitrogens with zero attached hydrogens (tertiary/aromatic N) is 1. The molecule has 0 aliphatic carbocycles. The summed E-state index contributed by atoms with van der Waals surface area (Å²) in [5, 5.41) is 28.7. The highest BCUT2D eigenvalue weighted by Crippen LogP contribution is 2.36. The number of aromatic amines is 1.